The van der Waals surface area contributed by atoms with Gasteiger partial charge in [0.05, 0.1) is 11.1 Å². The summed E-state index contributed by atoms with van der Waals surface area (Å²) in [5.74, 6) is -2.66. The predicted molar refractivity (Wildman–Crippen MR) is 43.4 cm³/mol. The van der Waals surface area contributed by atoms with Gasteiger partial charge >= 0.3 is 5.97 Å². The van der Waals surface area contributed by atoms with Crippen LogP contribution in [-0.4, -0.2) is 5.97 Å². The van der Waals surface area contributed by atoms with Crippen LogP contribution in [0.3, 0.4) is 0 Å². The van der Waals surface area contributed by atoms with Gasteiger partial charge in [0, 0.05) is 0 Å². The molecule has 0 saturated heterocycles. The third-order valence-electron chi connectivity index (χ3n) is 1.79. The average Bonchev–Trinajstić information content (AvgIpc) is 2.35. The van der Waals surface area contributed by atoms with Crippen LogP contribution in [0.25, 0.3) is 0 Å². The summed E-state index contributed by atoms with van der Waals surface area (Å²) < 4.78 is 30.4. The Hall–Kier alpha value is -0.970. The van der Waals surface area contributed by atoms with E-state index in [1.54, 1.807) is 0 Å². The Kier molecular flexibility index (Phi) is 1.83. The number of alkyl halides is 1. The second-order valence-corrected chi connectivity index (χ2v) is 3.38. The van der Waals surface area contributed by atoms with Gasteiger partial charge in [-0.3, -0.25) is 0 Å². The van der Waals surface area contributed by atoms with Crippen molar-refractivity contribution < 1.29 is 18.3 Å². The lowest BCUT2D eigenvalue weighted by atomic mass is 10.1. The smallest absolute Gasteiger partial charge is 0.340 e. The van der Waals surface area contributed by atoms with Crippen LogP contribution >= 0.6 is 15.9 Å². The molecule has 2 nitrogen and oxygen atoms in total. The third kappa shape index (κ3) is 1.14. The monoisotopic (exact) mass is 248 g/mol. The van der Waals surface area contributed by atoms with Crippen LogP contribution in [0.1, 0.15) is 20.9 Å². The van der Waals surface area contributed by atoms with Gasteiger partial charge in [-0.05, 0) is 28.1 Å². The van der Waals surface area contributed by atoms with Gasteiger partial charge in [0.15, 0.2) is 16.6 Å². The Morgan fingerprint density at radius 3 is 2.77 bits per heavy atom. The van der Waals surface area contributed by atoms with Crippen molar-refractivity contribution in [2.75, 3.05) is 0 Å². The molecule has 1 aromatic rings. The Labute approximate surface area is 80.6 Å². The van der Waals surface area contributed by atoms with Crippen molar-refractivity contribution in [1.82, 2.24) is 0 Å². The van der Waals surface area contributed by atoms with E-state index in [2.05, 4.69) is 20.7 Å². The van der Waals surface area contributed by atoms with E-state index in [0.717, 1.165) is 6.07 Å². The van der Waals surface area contributed by atoms with Gasteiger partial charge in [0.2, 0.25) is 0 Å². The molecule has 5 heteroatoms. The standard InChI is InChI=1S/C8H3BrF2O2/c9-7-5-3(8(12)13-7)1-2-4(10)6(5)11/h1-2,7H. The summed E-state index contributed by atoms with van der Waals surface area (Å²) in [6.45, 7) is 0. The molecule has 1 aromatic carbocycles. The fourth-order valence-electron chi connectivity index (χ4n) is 1.18. The van der Waals surface area contributed by atoms with Crippen molar-refractivity contribution in [3.05, 3.63) is 34.9 Å². The minimum absolute atomic E-state index is 0.0648. The zero-order valence-electron chi connectivity index (χ0n) is 6.18. The maximum absolute atomic E-state index is 13.1. The zero-order valence-corrected chi connectivity index (χ0v) is 7.77. The van der Waals surface area contributed by atoms with E-state index in [-0.39, 0.29) is 11.1 Å². The van der Waals surface area contributed by atoms with E-state index >= 15 is 0 Å². The first kappa shape index (κ1) is 8.62. The van der Waals surface area contributed by atoms with Crippen LogP contribution in [0.5, 0.6) is 0 Å². The number of carbonyl (C=O) groups excluding carboxylic acids is 1. The number of ether oxygens (including phenoxy) is 1. The molecule has 1 heterocycles. The van der Waals surface area contributed by atoms with E-state index in [0.29, 0.717) is 0 Å². The van der Waals surface area contributed by atoms with Crippen LogP contribution in [0.15, 0.2) is 12.1 Å². The van der Waals surface area contributed by atoms with Crippen molar-refractivity contribution >= 4 is 21.9 Å². The number of benzene rings is 1. The lowest BCUT2D eigenvalue weighted by Crippen LogP contribution is -1.96. The highest BCUT2D eigenvalue weighted by molar-refractivity contribution is 9.09. The van der Waals surface area contributed by atoms with Crippen LogP contribution in [-0.2, 0) is 4.74 Å². The van der Waals surface area contributed by atoms with E-state index in [1.165, 1.54) is 6.07 Å². The number of cyclic esters (lactones) is 1. The Balaban J connectivity index is 2.70. The molecular weight excluding hydrogens is 246 g/mol. The molecule has 2 rings (SSSR count). The zero-order chi connectivity index (χ0) is 9.59. The second kappa shape index (κ2) is 2.77. The number of hydrogen-bond acceptors (Lipinski definition) is 2. The largest absolute Gasteiger partial charge is 0.442 e. The van der Waals surface area contributed by atoms with E-state index in [9.17, 15) is 13.6 Å². The maximum Gasteiger partial charge on any atom is 0.340 e. The topological polar surface area (TPSA) is 26.3 Å². The Morgan fingerprint density at radius 2 is 2.08 bits per heavy atom. The molecule has 0 bridgehead atoms. The van der Waals surface area contributed by atoms with Crippen molar-refractivity contribution in [3.63, 3.8) is 0 Å². The Morgan fingerprint density at radius 1 is 1.38 bits per heavy atom. The number of esters is 1. The molecule has 0 spiro atoms. The fraction of sp³-hybridized carbons (Fsp3) is 0.125. The summed E-state index contributed by atoms with van der Waals surface area (Å²) in [4.78, 5) is 11.0. The quantitative estimate of drug-likeness (QED) is 0.521. The van der Waals surface area contributed by atoms with Crippen LogP contribution in [0.4, 0.5) is 8.78 Å². The maximum atomic E-state index is 13.1. The molecule has 0 fully saturated rings. The number of hydrogen-bond donors (Lipinski definition) is 0. The minimum atomic E-state index is -1.04. The molecule has 1 aliphatic rings. The molecule has 0 N–H and O–H groups in total. The van der Waals surface area contributed by atoms with Gasteiger partial charge in [0.25, 0.3) is 0 Å². The molecular formula is C8H3BrF2O2. The highest BCUT2D eigenvalue weighted by Crippen LogP contribution is 2.37. The molecule has 13 heavy (non-hydrogen) atoms. The summed E-state index contributed by atoms with van der Waals surface area (Å²) in [6, 6.07) is 2.11. The molecule has 68 valence electrons. The molecule has 0 saturated carbocycles. The van der Waals surface area contributed by atoms with Crippen LogP contribution in [0.2, 0.25) is 0 Å². The first-order chi connectivity index (χ1) is 6.11. The number of rotatable bonds is 0. The summed E-state index contributed by atoms with van der Waals surface area (Å²) in [7, 11) is 0. The van der Waals surface area contributed by atoms with Gasteiger partial charge in [-0.25, -0.2) is 13.6 Å². The van der Waals surface area contributed by atoms with Gasteiger partial charge in [-0.1, -0.05) is 0 Å². The van der Waals surface area contributed by atoms with E-state index in [1.807, 2.05) is 0 Å². The van der Waals surface area contributed by atoms with Crippen molar-refractivity contribution in [1.29, 1.82) is 0 Å². The first-order valence-corrected chi connectivity index (χ1v) is 4.36. The molecule has 0 radical (unpaired) electrons. The summed E-state index contributed by atoms with van der Waals surface area (Å²) in [6.07, 6.45) is 0. The van der Waals surface area contributed by atoms with Crippen LogP contribution in [0, 0.1) is 11.6 Å². The van der Waals surface area contributed by atoms with Crippen molar-refractivity contribution in [3.8, 4) is 0 Å². The van der Waals surface area contributed by atoms with Crippen molar-refractivity contribution in [2.24, 2.45) is 0 Å². The van der Waals surface area contributed by atoms with Gasteiger partial charge in [-0.15, -0.1) is 0 Å². The molecule has 1 atom stereocenters. The van der Waals surface area contributed by atoms with Gasteiger partial charge in [0.1, 0.15) is 0 Å². The molecule has 0 aromatic heterocycles. The van der Waals surface area contributed by atoms with E-state index < -0.39 is 22.6 Å². The van der Waals surface area contributed by atoms with Gasteiger partial charge in [-0.2, -0.15) is 0 Å². The summed E-state index contributed by atoms with van der Waals surface area (Å²) in [5, 5.41) is -0.884. The number of halogens is 3. The van der Waals surface area contributed by atoms with E-state index in [4.69, 9.17) is 0 Å². The lowest BCUT2D eigenvalue weighted by Gasteiger charge is -2.01. The highest BCUT2D eigenvalue weighted by Gasteiger charge is 2.33. The summed E-state index contributed by atoms with van der Waals surface area (Å²) in [5.41, 5.74) is 0.00535. The predicted octanol–water partition coefficient (Wildman–Crippen LogP) is 2.53. The SMILES string of the molecule is O=C1OC(Br)c2c1ccc(F)c2F. The minimum Gasteiger partial charge on any atom is -0.442 e. The normalized spacial score (nSPS) is 19.9. The molecule has 1 aliphatic heterocycles. The second-order valence-electron chi connectivity index (χ2n) is 2.54. The average molecular weight is 249 g/mol. The summed E-state index contributed by atoms with van der Waals surface area (Å²) >= 11 is 2.91. The van der Waals surface area contributed by atoms with Crippen molar-refractivity contribution in [2.45, 2.75) is 5.01 Å². The number of fused-ring (bicyclic) bond motifs is 1. The highest BCUT2D eigenvalue weighted by atomic mass is 79.9. The molecule has 1 unspecified atom stereocenters. The fourth-order valence-corrected chi connectivity index (χ4v) is 1.80. The lowest BCUT2D eigenvalue weighted by molar-refractivity contribution is 0.0529. The third-order valence-corrected chi connectivity index (χ3v) is 2.43. The first-order valence-electron chi connectivity index (χ1n) is 3.44. The molecule has 0 aliphatic carbocycles. The number of carbonyl (C=O) groups is 1. The Bertz CT molecular complexity index is 392. The van der Waals surface area contributed by atoms with Gasteiger partial charge < -0.3 is 4.74 Å². The molecule has 0 amide bonds. The van der Waals surface area contributed by atoms with Crippen LogP contribution < -0.4 is 0 Å².